The molecule has 4 nitrogen and oxygen atoms in total. The van der Waals surface area contributed by atoms with Gasteiger partial charge in [0.1, 0.15) is 0 Å². The van der Waals surface area contributed by atoms with E-state index in [1.807, 2.05) is 28.5 Å². The van der Waals surface area contributed by atoms with Crippen molar-refractivity contribution in [2.24, 2.45) is 11.1 Å². The molecule has 0 radical (unpaired) electrons. The van der Waals surface area contributed by atoms with Crippen LogP contribution in [0.4, 0.5) is 5.69 Å². The number of nitrogens with two attached hydrogens (primary N) is 1. The molecule has 2 heterocycles. The number of anilines is 1. The highest BCUT2D eigenvalue weighted by molar-refractivity contribution is 7.97. The average Bonchev–Trinajstić information content (AvgIpc) is 3.45. The van der Waals surface area contributed by atoms with Crippen LogP contribution in [0.3, 0.4) is 0 Å². The van der Waals surface area contributed by atoms with Crippen molar-refractivity contribution in [2.45, 2.75) is 24.2 Å². The zero-order valence-corrected chi connectivity index (χ0v) is 16.4. The van der Waals surface area contributed by atoms with Crippen LogP contribution in [0.2, 0.25) is 0 Å². The molecule has 6 heteroatoms. The summed E-state index contributed by atoms with van der Waals surface area (Å²) in [6.45, 7) is 0.768. The quantitative estimate of drug-likeness (QED) is 0.681. The van der Waals surface area contributed by atoms with Crippen LogP contribution < -0.4 is 10.0 Å². The second-order valence-corrected chi connectivity index (χ2v) is 8.49. The van der Waals surface area contributed by atoms with Crippen LogP contribution in [0.15, 0.2) is 52.7 Å². The number of carbonyl (C=O) groups is 1. The van der Waals surface area contributed by atoms with Gasteiger partial charge in [0.05, 0.1) is 5.69 Å². The van der Waals surface area contributed by atoms with E-state index in [0.717, 1.165) is 47.6 Å². The normalized spacial score (nSPS) is 17.8. The lowest BCUT2D eigenvalue weighted by Gasteiger charge is -2.21. The summed E-state index contributed by atoms with van der Waals surface area (Å²) in [6, 6.07) is 14.7. The summed E-state index contributed by atoms with van der Waals surface area (Å²) >= 11 is 2.69. The van der Waals surface area contributed by atoms with Gasteiger partial charge in [-0.25, -0.2) is 0 Å². The lowest BCUT2D eigenvalue weighted by atomic mass is 10.0. The molecule has 1 aliphatic carbocycles. The van der Waals surface area contributed by atoms with Gasteiger partial charge in [-0.05, 0) is 83.7 Å². The number of rotatable bonds is 3. The van der Waals surface area contributed by atoms with E-state index in [9.17, 15) is 4.79 Å². The molecule has 0 saturated carbocycles. The average molecular weight is 394 g/mol. The Morgan fingerprint density at radius 1 is 1.11 bits per heavy atom. The van der Waals surface area contributed by atoms with Crippen molar-refractivity contribution in [1.82, 2.24) is 4.37 Å². The summed E-state index contributed by atoms with van der Waals surface area (Å²) in [7, 11) is 0. The standard InChI is InChI=1S/C21H19N3OS2/c22-27-18-4-3-13-5-7-24(20(13)12-18)21(25)17-9-14-1-2-15(10-16(14)11-17)19-6-8-26-23-19/h1-4,6,8,10,12,17H,5,7,9,11,22H2. The van der Waals surface area contributed by atoms with Gasteiger partial charge in [-0.1, -0.05) is 18.2 Å². The Morgan fingerprint density at radius 3 is 2.78 bits per heavy atom. The summed E-state index contributed by atoms with van der Waals surface area (Å²) in [5.74, 6) is 0.255. The molecule has 1 aromatic heterocycles. The van der Waals surface area contributed by atoms with E-state index in [1.165, 1.54) is 40.2 Å². The van der Waals surface area contributed by atoms with E-state index in [1.54, 1.807) is 0 Å². The van der Waals surface area contributed by atoms with Crippen molar-refractivity contribution in [1.29, 1.82) is 0 Å². The zero-order chi connectivity index (χ0) is 18.4. The molecule has 0 spiro atoms. The number of benzene rings is 2. The highest BCUT2D eigenvalue weighted by atomic mass is 32.2. The van der Waals surface area contributed by atoms with Crippen molar-refractivity contribution in [3.05, 3.63) is 64.5 Å². The molecule has 27 heavy (non-hydrogen) atoms. The smallest absolute Gasteiger partial charge is 0.230 e. The van der Waals surface area contributed by atoms with Gasteiger partial charge in [0.25, 0.3) is 0 Å². The van der Waals surface area contributed by atoms with Crippen LogP contribution in [0.5, 0.6) is 0 Å². The molecule has 0 bridgehead atoms. The summed E-state index contributed by atoms with van der Waals surface area (Å²) in [4.78, 5) is 16.2. The van der Waals surface area contributed by atoms with E-state index in [0.29, 0.717) is 0 Å². The molecule has 0 saturated heterocycles. The number of hydrogen-bond donors (Lipinski definition) is 1. The molecule has 3 aromatic rings. The Kier molecular flexibility index (Phi) is 4.27. The van der Waals surface area contributed by atoms with E-state index in [2.05, 4.69) is 28.6 Å². The van der Waals surface area contributed by atoms with Gasteiger partial charge in [0.2, 0.25) is 5.91 Å². The van der Waals surface area contributed by atoms with Gasteiger partial charge in [0, 0.05) is 34.0 Å². The number of fused-ring (bicyclic) bond motifs is 2. The van der Waals surface area contributed by atoms with Crippen LogP contribution in [0, 0.1) is 5.92 Å². The minimum Gasteiger partial charge on any atom is -0.312 e. The van der Waals surface area contributed by atoms with E-state index in [-0.39, 0.29) is 11.8 Å². The molecular formula is C21H19N3OS2. The minimum atomic E-state index is 0.0193. The number of amides is 1. The molecule has 5 rings (SSSR count). The third-order valence-electron chi connectivity index (χ3n) is 5.58. The Bertz CT molecular complexity index is 1020. The van der Waals surface area contributed by atoms with Gasteiger partial charge < -0.3 is 4.90 Å². The van der Waals surface area contributed by atoms with E-state index >= 15 is 0 Å². The molecule has 1 atom stereocenters. The third-order valence-corrected chi connectivity index (χ3v) is 6.66. The van der Waals surface area contributed by atoms with Crippen molar-refractivity contribution in [2.75, 3.05) is 11.4 Å². The lowest BCUT2D eigenvalue weighted by molar-refractivity contribution is -0.122. The molecule has 2 aromatic carbocycles. The number of nitrogens with zero attached hydrogens (tertiary/aromatic N) is 2. The zero-order valence-electron chi connectivity index (χ0n) is 14.7. The van der Waals surface area contributed by atoms with Gasteiger partial charge in [-0.3, -0.25) is 9.93 Å². The largest absolute Gasteiger partial charge is 0.312 e. The summed E-state index contributed by atoms with van der Waals surface area (Å²) < 4.78 is 4.42. The first-order valence-electron chi connectivity index (χ1n) is 9.06. The number of carbonyl (C=O) groups excluding carboxylic acids is 1. The molecule has 1 amide bonds. The fourth-order valence-electron chi connectivity index (χ4n) is 4.20. The highest BCUT2D eigenvalue weighted by Crippen LogP contribution is 2.36. The first kappa shape index (κ1) is 17.0. The maximum Gasteiger partial charge on any atom is 0.230 e. The van der Waals surface area contributed by atoms with E-state index < -0.39 is 0 Å². The molecule has 2 N–H and O–H groups in total. The molecule has 1 aliphatic heterocycles. The van der Waals surface area contributed by atoms with Crippen LogP contribution in [0.1, 0.15) is 16.7 Å². The fourth-order valence-corrected chi connectivity index (χ4v) is 5.05. The first-order valence-corrected chi connectivity index (χ1v) is 10.8. The maximum absolute atomic E-state index is 13.3. The minimum absolute atomic E-state index is 0.0193. The van der Waals surface area contributed by atoms with Crippen molar-refractivity contribution >= 4 is 35.1 Å². The maximum atomic E-state index is 13.3. The molecule has 136 valence electrons. The van der Waals surface area contributed by atoms with Crippen LogP contribution in [0.25, 0.3) is 11.3 Å². The topological polar surface area (TPSA) is 59.2 Å². The second-order valence-electron chi connectivity index (χ2n) is 7.12. The van der Waals surface area contributed by atoms with Crippen molar-refractivity contribution in [3.8, 4) is 11.3 Å². The molecule has 2 aliphatic rings. The Hall–Kier alpha value is -2.15. The van der Waals surface area contributed by atoms with Gasteiger partial charge in [-0.15, -0.1) is 0 Å². The lowest BCUT2D eigenvalue weighted by Crippen LogP contribution is -2.35. The van der Waals surface area contributed by atoms with Crippen molar-refractivity contribution in [3.63, 3.8) is 0 Å². The molecule has 0 fully saturated rings. The van der Waals surface area contributed by atoms with Crippen LogP contribution in [-0.4, -0.2) is 16.8 Å². The Balaban J connectivity index is 1.38. The Labute approximate surface area is 166 Å². The van der Waals surface area contributed by atoms with Gasteiger partial charge in [0.15, 0.2) is 0 Å². The van der Waals surface area contributed by atoms with Gasteiger partial charge in [-0.2, -0.15) is 4.37 Å². The monoisotopic (exact) mass is 393 g/mol. The third kappa shape index (κ3) is 2.98. The summed E-state index contributed by atoms with van der Waals surface area (Å²) in [5, 5.41) is 7.70. The van der Waals surface area contributed by atoms with E-state index in [4.69, 9.17) is 5.14 Å². The number of hydrogen-bond acceptors (Lipinski definition) is 5. The first-order chi connectivity index (χ1) is 13.2. The van der Waals surface area contributed by atoms with Crippen LogP contribution >= 0.6 is 23.5 Å². The Morgan fingerprint density at radius 2 is 1.96 bits per heavy atom. The van der Waals surface area contributed by atoms with Crippen molar-refractivity contribution < 1.29 is 4.79 Å². The second kappa shape index (κ2) is 6.78. The fraction of sp³-hybridized carbons (Fsp3) is 0.238. The van der Waals surface area contributed by atoms with Gasteiger partial charge >= 0.3 is 0 Å². The molecular weight excluding hydrogens is 374 g/mol. The van der Waals surface area contributed by atoms with Crippen LogP contribution in [-0.2, 0) is 24.1 Å². The molecule has 1 unspecified atom stereocenters. The predicted octanol–water partition coefficient (Wildman–Crippen LogP) is 4.08. The predicted molar refractivity (Wildman–Crippen MR) is 111 cm³/mol. The SMILES string of the molecule is NSc1ccc2c(c1)N(C(=O)C1Cc3ccc(-c4ccsn4)cc3C1)CC2. The number of aromatic nitrogens is 1. The summed E-state index contributed by atoms with van der Waals surface area (Å²) in [6.07, 6.45) is 2.55. The highest BCUT2D eigenvalue weighted by Gasteiger charge is 2.34. The summed E-state index contributed by atoms with van der Waals surface area (Å²) in [5.41, 5.74) is 7.00.